The zero-order chi connectivity index (χ0) is 18.9. The third kappa shape index (κ3) is 6.28. The molecule has 0 radical (unpaired) electrons. The lowest BCUT2D eigenvalue weighted by Gasteiger charge is -2.09. The van der Waals surface area contributed by atoms with Gasteiger partial charge in [-0.25, -0.2) is 4.79 Å². The number of hydrogen-bond acceptors (Lipinski definition) is 5. The molecule has 1 N–H and O–H groups in total. The molecule has 2 aromatic rings. The van der Waals surface area contributed by atoms with E-state index in [1.807, 2.05) is 12.3 Å². The van der Waals surface area contributed by atoms with E-state index in [4.69, 9.17) is 21.6 Å². The minimum atomic E-state index is -0.618. The molecular weight excluding hydrogens is 372 g/mol. The van der Waals surface area contributed by atoms with E-state index in [9.17, 15) is 9.59 Å². The number of benzene rings is 2. The standard InChI is InChI=1S/C19H15ClN2O3S/c1-13-10-16(26-12-21)7-8-17(13)22-18(23)11-25-19(24)9-4-14-2-5-15(20)6-3-14/h2-10H,11H2,1H3,(H,22,23)/b9-4+. The van der Waals surface area contributed by atoms with Crippen LogP contribution in [-0.4, -0.2) is 18.5 Å². The number of amides is 1. The van der Waals surface area contributed by atoms with Gasteiger partial charge in [-0.15, -0.1) is 0 Å². The molecule has 0 fully saturated rings. The van der Waals surface area contributed by atoms with Crippen molar-refractivity contribution in [3.8, 4) is 5.40 Å². The summed E-state index contributed by atoms with van der Waals surface area (Å²) in [6, 6.07) is 12.2. The molecule has 0 bridgehead atoms. The Labute approximate surface area is 160 Å². The molecule has 0 unspecified atom stereocenters. The Bertz CT molecular complexity index is 873. The molecule has 2 aromatic carbocycles. The topological polar surface area (TPSA) is 79.2 Å². The smallest absolute Gasteiger partial charge is 0.331 e. The van der Waals surface area contributed by atoms with Crippen LogP contribution in [0.1, 0.15) is 11.1 Å². The van der Waals surface area contributed by atoms with Crippen LogP contribution >= 0.6 is 23.4 Å². The zero-order valence-electron chi connectivity index (χ0n) is 13.9. The number of carbonyl (C=O) groups excluding carboxylic acids is 2. The summed E-state index contributed by atoms with van der Waals surface area (Å²) in [5.74, 6) is -1.06. The Kier molecular flexibility index (Phi) is 7.27. The quantitative estimate of drug-likeness (QED) is 0.344. The fourth-order valence-electron chi connectivity index (χ4n) is 2.00. The van der Waals surface area contributed by atoms with Crippen LogP contribution in [-0.2, 0) is 14.3 Å². The third-order valence-corrected chi connectivity index (χ3v) is 4.10. The first-order valence-corrected chi connectivity index (χ1v) is 8.74. The van der Waals surface area contributed by atoms with Gasteiger partial charge >= 0.3 is 5.97 Å². The normalized spacial score (nSPS) is 10.3. The van der Waals surface area contributed by atoms with Crippen molar-refractivity contribution in [2.75, 3.05) is 11.9 Å². The number of nitrogens with one attached hydrogen (secondary N) is 1. The first kappa shape index (κ1) is 19.6. The summed E-state index contributed by atoms with van der Waals surface area (Å²) >= 11 is 6.83. The second-order valence-corrected chi connectivity index (χ2v) is 6.51. The van der Waals surface area contributed by atoms with Crippen molar-refractivity contribution in [1.82, 2.24) is 0 Å². The van der Waals surface area contributed by atoms with Crippen LogP contribution in [0.15, 0.2) is 53.4 Å². The van der Waals surface area contributed by atoms with Gasteiger partial charge in [0.15, 0.2) is 6.61 Å². The van der Waals surface area contributed by atoms with Gasteiger partial charge in [0.1, 0.15) is 5.40 Å². The molecule has 0 aromatic heterocycles. The van der Waals surface area contributed by atoms with Gasteiger partial charge in [-0.2, -0.15) is 5.26 Å². The SMILES string of the molecule is Cc1cc(SC#N)ccc1NC(=O)COC(=O)/C=C/c1ccc(Cl)cc1. The molecule has 5 nitrogen and oxygen atoms in total. The van der Waals surface area contributed by atoms with Crippen molar-refractivity contribution in [1.29, 1.82) is 5.26 Å². The molecule has 0 atom stereocenters. The van der Waals surface area contributed by atoms with E-state index in [0.29, 0.717) is 10.7 Å². The van der Waals surface area contributed by atoms with Crippen LogP contribution in [0.25, 0.3) is 6.08 Å². The van der Waals surface area contributed by atoms with E-state index in [-0.39, 0.29) is 0 Å². The fourth-order valence-corrected chi connectivity index (χ4v) is 2.61. The summed E-state index contributed by atoms with van der Waals surface area (Å²) in [6.45, 7) is 1.43. The number of nitrogens with zero attached hydrogens (tertiary/aromatic N) is 1. The number of ether oxygens (including phenoxy) is 1. The Hall–Kier alpha value is -2.75. The van der Waals surface area contributed by atoms with Crippen molar-refractivity contribution in [3.05, 3.63) is 64.7 Å². The van der Waals surface area contributed by atoms with E-state index in [1.165, 1.54) is 6.08 Å². The average molecular weight is 387 g/mol. The molecule has 132 valence electrons. The number of carbonyl (C=O) groups is 2. The number of anilines is 1. The number of esters is 1. The molecule has 2 rings (SSSR count). The highest BCUT2D eigenvalue weighted by molar-refractivity contribution is 8.03. The Morgan fingerprint density at radius 2 is 2.00 bits per heavy atom. The molecule has 0 spiro atoms. The van der Waals surface area contributed by atoms with Crippen LogP contribution < -0.4 is 5.32 Å². The minimum Gasteiger partial charge on any atom is -0.452 e. The van der Waals surface area contributed by atoms with E-state index in [0.717, 1.165) is 27.8 Å². The maximum Gasteiger partial charge on any atom is 0.331 e. The maximum absolute atomic E-state index is 11.9. The molecule has 1 amide bonds. The van der Waals surface area contributed by atoms with Gasteiger partial charge in [-0.3, -0.25) is 4.79 Å². The van der Waals surface area contributed by atoms with Crippen LogP contribution in [0.2, 0.25) is 5.02 Å². The largest absolute Gasteiger partial charge is 0.452 e. The van der Waals surface area contributed by atoms with Crippen LogP contribution in [0.3, 0.4) is 0 Å². The third-order valence-electron chi connectivity index (χ3n) is 3.26. The summed E-state index contributed by atoms with van der Waals surface area (Å²) in [5, 5.41) is 13.9. The first-order valence-electron chi connectivity index (χ1n) is 7.55. The van der Waals surface area contributed by atoms with Crippen molar-refractivity contribution in [3.63, 3.8) is 0 Å². The molecule has 0 saturated heterocycles. The average Bonchev–Trinajstić information content (AvgIpc) is 2.62. The van der Waals surface area contributed by atoms with Gasteiger partial charge in [-0.1, -0.05) is 23.7 Å². The maximum atomic E-state index is 11.9. The molecule has 0 aliphatic heterocycles. The number of rotatable bonds is 6. The summed E-state index contributed by atoms with van der Waals surface area (Å²) in [5.41, 5.74) is 2.21. The molecule has 0 aliphatic carbocycles. The van der Waals surface area contributed by atoms with Gasteiger partial charge in [0, 0.05) is 21.7 Å². The highest BCUT2D eigenvalue weighted by Crippen LogP contribution is 2.23. The number of thioether (sulfide) groups is 1. The summed E-state index contributed by atoms with van der Waals surface area (Å²) < 4.78 is 4.91. The summed E-state index contributed by atoms with van der Waals surface area (Å²) in [7, 11) is 0. The Morgan fingerprint density at radius 3 is 2.65 bits per heavy atom. The summed E-state index contributed by atoms with van der Waals surface area (Å²) in [6.07, 6.45) is 2.82. The van der Waals surface area contributed by atoms with E-state index < -0.39 is 18.5 Å². The number of thiocyanates is 1. The second-order valence-electron chi connectivity index (χ2n) is 5.21. The molecule has 0 aliphatic rings. The lowest BCUT2D eigenvalue weighted by atomic mass is 10.2. The molecular formula is C19H15ClN2O3S. The Morgan fingerprint density at radius 1 is 1.27 bits per heavy atom. The van der Waals surface area contributed by atoms with Crippen molar-refractivity contribution in [2.24, 2.45) is 0 Å². The van der Waals surface area contributed by atoms with Gasteiger partial charge in [-0.05, 0) is 66.2 Å². The Balaban J connectivity index is 1.83. The monoisotopic (exact) mass is 386 g/mol. The van der Waals surface area contributed by atoms with Gasteiger partial charge < -0.3 is 10.1 Å². The lowest BCUT2D eigenvalue weighted by molar-refractivity contribution is -0.142. The molecule has 26 heavy (non-hydrogen) atoms. The van der Waals surface area contributed by atoms with Gasteiger partial charge in [0.05, 0.1) is 0 Å². The summed E-state index contributed by atoms with van der Waals surface area (Å²) in [4.78, 5) is 24.4. The zero-order valence-corrected chi connectivity index (χ0v) is 15.4. The highest BCUT2D eigenvalue weighted by atomic mass is 35.5. The van der Waals surface area contributed by atoms with E-state index in [1.54, 1.807) is 48.5 Å². The van der Waals surface area contributed by atoms with Crippen molar-refractivity contribution >= 4 is 47.0 Å². The molecule has 0 saturated carbocycles. The first-order chi connectivity index (χ1) is 12.5. The van der Waals surface area contributed by atoms with Crippen molar-refractivity contribution < 1.29 is 14.3 Å². The lowest BCUT2D eigenvalue weighted by Crippen LogP contribution is -2.20. The minimum absolute atomic E-state index is 0.391. The van der Waals surface area contributed by atoms with E-state index in [2.05, 4.69) is 5.32 Å². The predicted molar refractivity (Wildman–Crippen MR) is 103 cm³/mol. The second kappa shape index (κ2) is 9.66. The highest BCUT2D eigenvalue weighted by Gasteiger charge is 2.08. The van der Waals surface area contributed by atoms with Gasteiger partial charge in [0.25, 0.3) is 5.91 Å². The van der Waals surface area contributed by atoms with Gasteiger partial charge in [0.2, 0.25) is 0 Å². The van der Waals surface area contributed by atoms with Crippen LogP contribution in [0.5, 0.6) is 0 Å². The number of nitriles is 1. The predicted octanol–water partition coefficient (Wildman–Crippen LogP) is 4.42. The van der Waals surface area contributed by atoms with Crippen LogP contribution in [0, 0.1) is 17.6 Å². The number of aryl methyl sites for hydroxylation is 1. The van der Waals surface area contributed by atoms with E-state index >= 15 is 0 Å². The number of halogens is 1. The van der Waals surface area contributed by atoms with Crippen molar-refractivity contribution in [2.45, 2.75) is 11.8 Å². The fraction of sp³-hybridized carbons (Fsp3) is 0.105. The number of hydrogen-bond donors (Lipinski definition) is 1. The van der Waals surface area contributed by atoms with Crippen LogP contribution in [0.4, 0.5) is 5.69 Å². The molecule has 0 heterocycles. The molecule has 7 heteroatoms.